The maximum absolute atomic E-state index is 11.2. The van der Waals surface area contributed by atoms with Gasteiger partial charge in [0, 0.05) is 17.4 Å². The van der Waals surface area contributed by atoms with E-state index < -0.39 is 5.97 Å². The number of carboxylic acids is 1. The number of phenols is 1. The Bertz CT molecular complexity index is 569. The Morgan fingerprint density at radius 2 is 2.12 bits per heavy atom. The van der Waals surface area contributed by atoms with Crippen molar-refractivity contribution >= 4 is 16.9 Å². The van der Waals surface area contributed by atoms with Crippen LogP contribution in [0, 0.1) is 6.92 Å². The number of hydrogen-bond acceptors (Lipinski definition) is 2. The van der Waals surface area contributed by atoms with Crippen molar-refractivity contribution in [2.45, 2.75) is 20.4 Å². The lowest BCUT2D eigenvalue weighted by Crippen LogP contribution is -2.08. The van der Waals surface area contributed by atoms with Gasteiger partial charge in [-0.3, -0.25) is 0 Å². The molecule has 1 heterocycles. The van der Waals surface area contributed by atoms with Crippen molar-refractivity contribution in [3.63, 3.8) is 0 Å². The predicted molar refractivity (Wildman–Crippen MR) is 61.0 cm³/mol. The lowest BCUT2D eigenvalue weighted by Gasteiger charge is -2.04. The molecular formula is C12H13NO3. The molecule has 2 rings (SSSR count). The van der Waals surface area contributed by atoms with Gasteiger partial charge in [0.2, 0.25) is 0 Å². The van der Waals surface area contributed by atoms with E-state index in [-0.39, 0.29) is 5.75 Å². The number of hydrogen-bond donors (Lipinski definition) is 2. The number of fused-ring (bicyclic) bond motifs is 1. The number of carbonyl (C=O) groups is 1. The highest BCUT2D eigenvalue weighted by Crippen LogP contribution is 2.28. The van der Waals surface area contributed by atoms with E-state index in [1.165, 1.54) is 0 Å². The van der Waals surface area contributed by atoms with Crippen LogP contribution < -0.4 is 0 Å². The standard InChI is InChI=1S/C12H13NO3/c1-3-13-10-5-4-8(14)6-9(10)7(2)11(13)12(15)16/h4-6,14H,3H2,1-2H3,(H,15,16). The summed E-state index contributed by atoms with van der Waals surface area (Å²) >= 11 is 0. The number of aromatic nitrogens is 1. The summed E-state index contributed by atoms with van der Waals surface area (Å²) in [5.41, 5.74) is 1.83. The number of carboxylic acid groups (broad SMARTS) is 1. The molecule has 0 saturated heterocycles. The number of aromatic carboxylic acids is 1. The van der Waals surface area contributed by atoms with Crippen LogP contribution in [0.1, 0.15) is 23.0 Å². The fourth-order valence-corrected chi connectivity index (χ4v) is 2.11. The molecule has 1 aromatic carbocycles. The molecule has 0 bridgehead atoms. The van der Waals surface area contributed by atoms with Gasteiger partial charge in [0.1, 0.15) is 11.4 Å². The molecule has 0 amide bonds. The second-order valence-corrected chi connectivity index (χ2v) is 3.72. The molecule has 0 radical (unpaired) electrons. The van der Waals surface area contributed by atoms with Crippen molar-refractivity contribution in [2.75, 3.05) is 0 Å². The van der Waals surface area contributed by atoms with Gasteiger partial charge < -0.3 is 14.8 Å². The normalized spacial score (nSPS) is 10.9. The first kappa shape index (κ1) is 10.5. The Hall–Kier alpha value is -1.97. The number of rotatable bonds is 2. The molecule has 2 aromatic rings. The van der Waals surface area contributed by atoms with Crippen LogP contribution in [0.5, 0.6) is 5.75 Å². The van der Waals surface area contributed by atoms with Gasteiger partial charge in [-0.1, -0.05) is 0 Å². The summed E-state index contributed by atoms with van der Waals surface area (Å²) in [6, 6.07) is 4.91. The maximum Gasteiger partial charge on any atom is 0.352 e. The van der Waals surface area contributed by atoms with E-state index in [0.29, 0.717) is 17.8 Å². The summed E-state index contributed by atoms with van der Waals surface area (Å²) < 4.78 is 1.74. The van der Waals surface area contributed by atoms with E-state index in [4.69, 9.17) is 5.11 Å². The van der Waals surface area contributed by atoms with Crippen LogP contribution in [0.3, 0.4) is 0 Å². The quantitative estimate of drug-likeness (QED) is 0.815. The fourth-order valence-electron chi connectivity index (χ4n) is 2.11. The molecule has 0 spiro atoms. The van der Waals surface area contributed by atoms with Crippen LogP contribution in [0.15, 0.2) is 18.2 Å². The van der Waals surface area contributed by atoms with E-state index in [1.807, 2.05) is 6.92 Å². The summed E-state index contributed by atoms with van der Waals surface area (Å²) in [4.78, 5) is 11.2. The summed E-state index contributed by atoms with van der Waals surface area (Å²) in [7, 11) is 0. The Labute approximate surface area is 92.7 Å². The number of phenolic OH excluding ortho intramolecular Hbond substituents is 1. The summed E-state index contributed by atoms with van der Waals surface area (Å²) in [5, 5.41) is 19.4. The lowest BCUT2D eigenvalue weighted by atomic mass is 10.1. The zero-order valence-corrected chi connectivity index (χ0v) is 9.19. The van der Waals surface area contributed by atoms with E-state index >= 15 is 0 Å². The molecule has 1 aromatic heterocycles. The first-order valence-corrected chi connectivity index (χ1v) is 5.11. The molecule has 84 valence electrons. The summed E-state index contributed by atoms with van der Waals surface area (Å²) in [5.74, 6) is -0.782. The van der Waals surface area contributed by atoms with E-state index in [1.54, 1.807) is 29.7 Å². The molecule has 0 unspecified atom stereocenters. The van der Waals surface area contributed by atoms with E-state index in [2.05, 4.69) is 0 Å². The highest BCUT2D eigenvalue weighted by Gasteiger charge is 2.18. The molecule has 4 heteroatoms. The summed E-state index contributed by atoms with van der Waals surface area (Å²) in [6.45, 7) is 4.26. The van der Waals surface area contributed by atoms with Crippen molar-refractivity contribution in [1.29, 1.82) is 0 Å². The fraction of sp³-hybridized carbons (Fsp3) is 0.250. The van der Waals surface area contributed by atoms with Gasteiger partial charge >= 0.3 is 5.97 Å². The molecule has 0 saturated carbocycles. The average Bonchev–Trinajstić information content (AvgIpc) is 2.51. The van der Waals surface area contributed by atoms with Gasteiger partial charge in [-0.15, -0.1) is 0 Å². The number of nitrogens with zero attached hydrogens (tertiary/aromatic N) is 1. The number of benzene rings is 1. The first-order valence-electron chi connectivity index (χ1n) is 5.11. The van der Waals surface area contributed by atoms with Crippen molar-refractivity contribution in [1.82, 2.24) is 4.57 Å². The predicted octanol–water partition coefficient (Wildman–Crippen LogP) is 2.37. The number of aromatic hydroxyl groups is 1. The van der Waals surface area contributed by atoms with Gasteiger partial charge in [-0.25, -0.2) is 4.79 Å². The maximum atomic E-state index is 11.2. The third-order valence-electron chi connectivity index (χ3n) is 2.82. The molecule has 0 atom stereocenters. The zero-order chi connectivity index (χ0) is 11.9. The van der Waals surface area contributed by atoms with Crippen molar-refractivity contribution < 1.29 is 15.0 Å². The largest absolute Gasteiger partial charge is 0.508 e. The topological polar surface area (TPSA) is 62.5 Å². The SMILES string of the molecule is CCn1c(C(=O)O)c(C)c2cc(O)ccc21. The van der Waals surface area contributed by atoms with Crippen LogP contribution >= 0.6 is 0 Å². The van der Waals surface area contributed by atoms with Crippen LogP contribution in [0.25, 0.3) is 10.9 Å². The molecule has 16 heavy (non-hydrogen) atoms. The molecule has 0 fully saturated rings. The third kappa shape index (κ3) is 1.34. The van der Waals surface area contributed by atoms with Crippen LogP contribution in [-0.4, -0.2) is 20.7 Å². The second-order valence-electron chi connectivity index (χ2n) is 3.72. The number of aryl methyl sites for hydroxylation is 2. The second kappa shape index (κ2) is 3.56. The van der Waals surface area contributed by atoms with Crippen molar-refractivity contribution in [2.24, 2.45) is 0 Å². The smallest absolute Gasteiger partial charge is 0.352 e. The Kier molecular flexibility index (Phi) is 2.34. The minimum Gasteiger partial charge on any atom is -0.508 e. The lowest BCUT2D eigenvalue weighted by molar-refractivity contribution is 0.0685. The molecule has 0 aliphatic heterocycles. The van der Waals surface area contributed by atoms with Crippen LogP contribution in [0.4, 0.5) is 0 Å². The van der Waals surface area contributed by atoms with Gasteiger partial charge in [0.25, 0.3) is 0 Å². The Morgan fingerprint density at radius 1 is 1.44 bits per heavy atom. The van der Waals surface area contributed by atoms with Gasteiger partial charge in [-0.05, 0) is 37.6 Å². The highest BCUT2D eigenvalue weighted by molar-refractivity contribution is 5.98. The van der Waals surface area contributed by atoms with Crippen LogP contribution in [-0.2, 0) is 6.54 Å². The molecular weight excluding hydrogens is 206 g/mol. The van der Waals surface area contributed by atoms with Gasteiger partial charge in [-0.2, -0.15) is 0 Å². The molecule has 2 N–H and O–H groups in total. The highest BCUT2D eigenvalue weighted by atomic mass is 16.4. The van der Waals surface area contributed by atoms with E-state index in [0.717, 1.165) is 10.9 Å². The van der Waals surface area contributed by atoms with Gasteiger partial charge in [0.15, 0.2) is 0 Å². The molecule has 0 aliphatic rings. The van der Waals surface area contributed by atoms with Crippen molar-refractivity contribution in [3.8, 4) is 5.75 Å². The monoisotopic (exact) mass is 219 g/mol. The zero-order valence-electron chi connectivity index (χ0n) is 9.19. The minimum atomic E-state index is -0.935. The van der Waals surface area contributed by atoms with Crippen LogP contribution in [0.2, 0.25) is 0 Å². The minimum absolute atomic E-state index is 0.154. The van der Waals surface area contributed by atoms with Crippen molar-refractivity contribution in [3.05, 3.63) is 29.5 Å². The Morgan fingerprint density at radius 3 is 2.69 bits per heavy atom. The van der Waals surface area contributed by atoms with Gasteiger partial charge in [0.05, 0.1) is 0 Å². The third-order valence-corrected chi connectivity index (χ3v) is 2.82. The average molecular weight is 219 g/mol. The molecule has 4 nitrogen and oxygen atoms in total. The summed E-state index contributed by atoms with van der Waals surface area (Å²) in [6.07, 6.45) is 0. The van der Waals surface area contributed by atoms with E-state index in [9.17, 15) is 9.90 Å². The molecule has 0 aliphatic carbocycles. The first-order chi connectivity index (χ1) is 7.56. The Balaban J connectivity index is 2.90.